The van der Waals surface area contributed by atoms with Gasteiger partial charge in [0.25, 0.3) is 5.25 Å². The van der Waals surface area contributed by atoms with Gasteiger partial charge in [-0.25, -0.2) is 0 Å². The van der Waals surface area contributed by atoms with Gasteiger partial charge in [-0.15, -0.1) is 0 Å². The number of hydrogen-bond donors (Lipinski definition) is 2. The van der Waals surface area contributed by atoms with E-state index in [1.54, 1.807) is 6.07 Å². The summed E-state index contributed by atoms with van der Waals surface area (Å²) in [5, 5.41) is 16.1. The summed E-state index contributed by atoms with van der Waals surface area (Å²) in [5.41, 5.74) is 3.65. The minimum atomic E-state index is -2.22. The van der Waals surface area contributed by atoms with Crippen LogP contribution in [0.25, 0.3) is 0 Å². The highest BCUT2D eigenvalue weighted by molar-refractivity contribution is 6.21. The van der Waals surface area contributed by atoms with E-state index >= 15 is 0 Å². The highest BCUT2D eigenvalue weighted by atomic mass is 35.5. The smallest absolute Gasteiger partial charge is 0.271 e. The molecule has 1 aromatic rings. The van der Waals surface area contributed by atoms with E-state index in [2.05, 4.69) is 0 Å². The molecule has 3 heteroatoms. The monoisotopic (exact) mass is 184 g/mol. The van der Waals surface area contributed by atoms with Gasteiger partial charge in [0.2, 0.25) is 0 Å². The summed E-state index contributed by atoms with van der Waals surface area (Å²) in [4.78, 5) is 0. The van der Waals surface area contributed by atoms with Crippen LogP contribution in [0.3, 0.4) is 0 Å². The second-order valence-electron chi connectivity index (χ2n) is 3.20. The zero-order chi connectivity index (χ0) is 8.93. The molecule has 2 rings (SSSR count). The van der Waals surface area contributed by atoms with Crippen LogP contribution in [0.1, 0.15) is 22.3 Å². The van der Waals surface area contributed by atoms with E-state index in [1.807, 2.05) is 13.0 Å². The van der Waals surface area contributed by atoms with Crippen LogP contribution in [0.4, 0.5) is 0 Å². The van der Waals surface area contributed by atoms with Gasteiger partial charge in [-0.05, 0) is 36.1 Å². The highest BCUT2D eigenvalue weighted by Gasteiger charge is 2.28. The number of aliphatic hydroxyl groups is 2. The molecule has 12 heavy (non-hydrogen) atoms. The molecule has 64 valence electrons. The fourth-order valence-electron chi connectivity index (χ4n) is 1.42. The molecule has 0 aromatic heterocycles. The quantitative estimate of drug-likeness (QED) is 0.517. The van der Waals surface area contributed by atoms with E-state index in [0.29, 0.717) is 5.56 Å². The molecule has 0 saturated heterocycles. The summed E-state index contributed by atoms with van der Waals surface area (Å²) in [6, 6.07) is 3.69. The maximum absolute atomic E-state index is 9.14. The highest BCUT2D eigenvalue weighted by Crippen LogP contribution is 2.35. The van der Waals surface area contributed by atoms with Crippen LogP contribution < -0.4 is 0 Å². The Balaban J connectivity index is 2.53. The van der Waals surface area contributed by atoms with Gasteiger partial charge in [-0.1, -0.05) is 17.7 Å². The van der Waals surface area contributed by atoms with Gasteiger partial charge in [-0.2, -0.15) is 0 Å². The molecule has 0 bridgehead atoms. The van der Waals surface area contributed by atoms with Crippen molar-refractivity contribution in [3.05, 3.63) is 34.4 Å². The average molecular weight is 185 g/mol. The summed E-state index contributed by atoms with van der Waals surface area (Å²) >= 11 is 5.37. The van der Waals surface area contributed by atoms with E-state index in [-0.39, 0.29) is 0 Å². The van der Waals surface area contributed by atoms with E-state index in [4.69, 9.17) is 21.8 Å². The molecule has 0 atom stereocenters. The third kappa shape index (κ3) is 1.22. The first-order valence-electron chi connectivity index (χ1n) is 3.75. The van der Waals surface area contributed by atoms with E-state index in [9.17, 15) is 0 Å². The third-order valence-corrected chi connectivity index (χ3v) is 2.35. The molecule has 0 fully saturated rings. The van der Waals surface area contributed by atoms with E-state index in [0.717, 1.165) is 17.5 Å². The third-order valence-electron chi connectivity index (χ3n) is 2.15. The van der Waals surface area contributed by atoms with E-state index in [1.165, 1.54) is 5.56 Å². The minimum Gasteiger partial charge on any atom is -0.350 e. The molecule has 0 heterocycles. The maximum Gasteiger partial charge on any atom is 0.271 e. The molecule has 1 aliphatic carbocycles. The van der Waals surface area contributed by atoms with Crippen LogP contribution in [-0.4, -0.2) is 10.2 Å². The van der Waals surface area contributed by atoms with Crippen molar-refractivity contribution in [3.63, 3.8) is 0 Å². The largest absolute Gasteiger partial charge is 0.350 e. The van der Waals surface area contributed by atoms with Crippen molar-refractivity contribution in [3.8, 4) is 0 Å². The molecule has 0 aliphatic heterocycles. The average Bonchev–Trinajstić information content (AvgIpc) is 2.61. The lowest BCUT2D eigenvalue weighted by molar-refractivity contribution is -0.0906. The molecule has 0 unspecified atom stereocenters. The van der Waals surface area contributed by atoms with Gasteiger partial charge in [0.05, 0.1) is 0 Å². The van der Waals surface area contributed by atoms with Gasteiger partial charge in [0.15, 0.2) is 0 Å². The van der Waals surface area contributed by atoms with Crippen molar-refractivity contribution in [1.29, 1.82) is 0 Å². The first-order valence-corrected chi connectivity index (χ1v) is 4.13. The number of fused-ring (bicyclic) bond motifs is 1. The molecule has 1 aromatic carbocycles. The molecular weight excluding hydrogens is 176 g/mol. The van der Waals surface area contributed by atoms with Crippen molar-refractivity contribution in [2.75, 3.05) is 0 Å². The molecule has 2 N–H and O–H groups in total. The van der Waals surface area contributed by atoms with Crippen LogP contribution in [-0.2, 0) is 11.7 Å². The Labute approximate surface area is 75.4 Å². The first kappa shape index (κ1) is 8.05. The molecule has 0 amide bonds. The van der Waals surface area contributed by atoms with Crippen molar-refractivity contribution in [1.82, 2.24) is 0 Å². The van der Waals surface area contributed by atoms with Crippen molar-refractivity contribution in [2.24, 2.45) is 0 Å². The zero-order valence-corrected chi connectivity index (χ0v) is 7.39. The normalized spacial score (nSPS) is 14.3. The Morgan fingerprint density at radius 2 is 1.92 bits per heavy atom. The minimum absolute atomic E-state index is 0.389. The Morgan fingerprint density at radius 1 is 1.33 bits per heavy atom. The van der Waals surface area contributed by atoms with Crippen molar-refractivity contribution in [2.45, 2.75) is 18.6 Å². The predicted octanol–water partition coefficient (Wildman–Crippen LogP) is 1.23. The molecule has 2 nitrogen and oxygen atoms in total. The lowest BCUT2D eigenvalue weighted by Crippen LogP contribution is -2.17. The van der Waals surface area contributed by atoms with Gasteiger partial charge in [-0.3, -0.25) is 0 Å². The van der Waals surface area contributed by atoms with Crippen LogP contribution in [0.5, 0.6) is 0 Å². The summed E-state index contributed by atoms with van der Waals surface area (Å²) in [7, 11) is 0. The topological polar surface area (TPSA) is 40.5 Å². The Morgan fingerprint density at radius 3 is 2.50 bits per heavy atom. The van der Waals surface area contributed by atoms with Crippen LogP contribution in [0.15, 0.2) is 12.1 Å². The fourth-order valence-corrected chi connectivity index (χ4v) is 1.62. The number of rotatable bonds is 1. The summed E-state index contributed by atoms with van der Waals surface area (Å²) in [5.74, 6) is 0. The van der Waals surface area contributed by atoms with Gasteiger partial charge in [0, 0.05) is 5.56 Å². The van der Waals surface area contributed by atoms with Gasteiger partial charge in [0.1, 0.15) is 0 Å². The molecule has 0 saturated carbocycles. The Hall–Kier alpha value is -0.570. The lowest BCUT2D eigenvalue weighted by atomic mass is 10.1. The van der Waals surface area contributed by atoms with Gasteiger partial charge < -0.3 is 10.2 Å². The summed E-state index contributed by atoms with van der Waals surface area (Å²) in [6.45, 7) is 1.82. The molecular formula is C9H9ClO2. The summed E-state index contributed by atoms with van der Waals surface area (Å²) in [6.07, 6.45) is 0.952. The first-order chi connectivity index (χ1) is 5.48. The molecule has 1 aliphatic rings. The van der Waals surface area contributed by atoms with Crippen LogP contribution in [0, 0.1) is 6.92 Å². The second kappa shape index (κ2) is 2.22. The number of aryl methyl sites for hydroxylation is 1. The SMILES string of the molecule is Cc1cc2c(cc1C(O)(O)Cl)C2. The fraction of sp³-hybridized carbons (Fsp3) is 0.333. The Bertz CT molecular complexity index is 339. The van der Waals surface area contributed by atoms with Crippen LogP contribution in [0.2, 0.25) is 0 Å². The maximum atomic E-state index is 9.14. The lowest BCUT2D eigenvalue weighted by Gasteiger charge is -2.15. The number of halogens is 1. The number of hydrogen-bond acceptors (Lipinski definition) is 2. The van der Waals surface area contributed by atoms with Gasteiger partial charge >= 0.3 is 0 Å². The van der Waals surface area contributed by atoms with Crippen molar-refractivity contribution < 1.29 is 10.2 Å². The second-order valence-corrected chi connectivity index (χ2v) is 3.73. The molecule has 0 radical (unpaired) electrons. The Kier molecular flexibility index (Phi) is 1.49. The van der Waals surface area contributed by atoms with E-state index < -0.39 is 5.25 Å². The standard InChI is InChI=1S/C9H9ClO2/c1-5-2-6-3-7(6)4-8(5)9(10,11)12/h2,4,11-12H,3H2,1H3. The molecule has 0 spiro atoms. The van der Waals surface area contributed by atoms with Crippen molar-refractivity contribution >= 4 is 11.6 Å². The summed E-state index contributed by atoms with van der Waals surface area (Å²) < 4.78 is 0. The zero-order valence-electron chi connectivity index (χ0n) is 6.63. The van der Waals surface area contributed by atoms with Crippen LogP contribution >= 0.6 is 11.6 Å². The number of alkyl halides is 1. The number of benzene rings is 1. The predicted molar refractivity (Wildman–Crippen MR) is 46.0 cm³/mol.